The van der Waals surface area contributed by atoms with Gasteiger partial charge in [0, 0.05) is 10.9 Å². The molecule has 0 aliphatic carbocycles. The van der Waals surface area contributed by atoms with Gasteiger partial charge in [0.1, 0.15) is 5.82 Å². The normalized spacial score (nSPS) is 13.2. The summed E-state index contributed by atoms with van der Waals surface area (Å²) < 4.78 is 14.1. The van der Waals surface area contributed by atoms with E-state index in [1.165, 1.54) is 23.4 Å². The van der Waals surface area contributed by atoms with Gasteiger partial charge in [-0.2, -0.15) is 0 Å². The van der Waals surface area contributed by atoms with Crippen LogP contribution in [-0.2, 0) is 5.41 Å². The van der Waals surface area contributed by atoms with Crippen LogP contribution in [0.1, 0.15) is 44.9 Å². The van der Waals surface area contributed by atoms with E-state index in [0.717, 1.165) is 10.5 Å². The van der Waals surface area contributed by atoms with Crippen LogP contribution in [0.15, 0.2) is 52.3 Å². The Bertz CT molecular complexity index is 612. The number of benzene rings is 2. The van der Waals surface area contributed by atoms with E-state index in [2.05, 4.69) is 32.9 Å². The summed E-state index contributed by atoms with van der Waals surface area (Å²) in [6.07, 6.45) is 0. The maximum atomic E-state index is 14.1. The smallest absolute Gasteiger partial charge is 0.137 e. The van der Waals surface area contributed by atoms with E-state index in [4.69, 9.17) is 5.73 Å². The minimum atomic E-state index is -0.213. The molecule has 0 fully saturated rings. The van der Waals surface area contributed by atoms with Crippen LogP contribution in [0.4, 0.5) is 4.39 Å². The molecule has 2 aromatic carbocycles. The molecule has 0 bridgehead atoms. The molecule has 0 radical (unpaired) electrons. The second-order valence-electron chi connectivity index (χ2n) is 6.32. The standard InChI is InChI=1S/C18H22FNS/c1-12(20)15-6-5-7-16(19)17(15)21-14-10-8-13(9-11-14)18(2,3)4/h5-12H,20H2,1-4H3/t12-/m0/s1. The van der Waals surface area contributed by atoms with Crippen LogP contribution in [0.25, 0.3) is 0 Å². The predicted octanol–water partition coefficient (Wildman–Crippen LogP) is 5.29. The predicted molar refractivity (Wildman–Crippen MR) is 88.3 cm³/mol. The zero-order chi connectivity index (χ0) is 15.6. The Morgan fingerprint density at radius 2 is 1.67 bits per heavy atom. The number of nitrogens with two attached hydrogens (primary N) is 1. The molecule has 112 valence electrons. The maximum absolute atomic E-state index is 14.1. The minimum absolute atomic E-state index is 0.123. The molecule has 0 saturated heterocycles. The van der Waals surface area contributed by atoms with Crippen molar-refractivity contribution in [3.8, 4) is 0 Å². The number of hydrogen-bond acceptors (Lipinski definition) is 2. The molecule has 2 N–H and O–H groups in total. The zero-order valence-electron chi connectivity index (χ0n) is 13.0. The molecule has 0 heterocycles. The molecular formula is C18H22FNS. The second kappa shape index (κ2) is 6.20. The fourth-order valence-corrected chi connectivity index (χ4v) is 3.18. The van der Waals surface area contributed by atoms with Gasteiger partial charge in [0.2, 0.25) is 0 Å². The molecule has 0 spiro atoms. The number of halogens is 1. The van der Waals surface area contributed by atoms with Gasteiger partial charge in [0.05, 0.1) is 4.90 Å². The van der Waals surface area contributed by atoms with Crippen molar-refractivity contribution in [2.75, 3.05) is 0 Å². The van der Waals surface area contributed by atoms with Crippen molar-refractivity contribution < 1.29 is 4.39 Å². The lowest BCUT2D eigenvalue weighted by molar-refractivity contribution is 0.589. The van der Waals surface area contributed by atoms with Gasteiger partial charge < -0.3 is 5.73 Å². The topological polar surface area (TPSA) is 26.0 Å². The lowest BCUT2D eigenvalue weighted by Crippen LogP contribution is -2.10. The number of hydrogen-bond donors (Lipinski definition) is 1. The first-order chi connectivity index (χ1) is 9.79. The van der Waals surface area contributed by atoms with Crippen molar-refractivity contribution in [3.63, 3.8) is 0 Å². The van der Waals surface area contributed by atoms with E-state index < -0.39 is 0 Å². The molecule has 1 atom stereocenters. The lowest BCUT2D eigenvalue weighted by Gasteiger charge is -2.19. The average Bonchev–Trinajstić information content (AvgIpc) is 2.40. The van der Waals surface area contributed by atoms with Crippen LogP contribution in [0.5, 0.6) is 0 Å². The molecule has 2 rings (SSSR count). The van der Waals surface area contributed by atoms with E-state index in [-0.39, 0.29) is 17.3 Å². The quantitative estimate of drug-likeness (QED) is 0.833. The molecule has 0 aliphatic heterocycles. The summed E-state index contributed by atoms with van der Waals surface area (Å²) in [5, 5.41) is 0. The Balaban J connectivity index is 2.31. The van der Waals surface area contributed by atoms with Crippen LogP contribution < -0.4 is 5.73 Å². The monoisotopic (exact) mass is 303 g/mol. The van der Waals surface area contributed by atoms with Crippen LogP contribution in [0, 0.1) is 5.82 Å². The van der Waals surface area contributed by atoms with Crippen LogP contribution in [-0.4, -0.2) is 0 Å². The Morgan fingerprint density at radius 3 is 2.19 bits per heavy atom. The van der Waals surface area contributed by atoms with Crippen molar-refractivity contribution in [3.05, 3.63) is 59.4 Å². The average molecular weight is 303 g/mol. The van der Waals surface area contributed by atoms with Gasteiger partial charge in [-0.05, 0) is 41.7 Å². The molecule has 0 aliphatic rings. The lowest BCUT2D eigenvalue weighted by atomic mass is 9.87. The van der Waals surface area contributed by atoms with E-state index in [9.17, 15) is 4.39 Å². The Hall–Kier alpha value is -1.32. The molecule has 0 saturated carbocycles. The zero-order valence-corrected chi connectivity index (χ0v) is 13.8. The molecular weight excluding hydrogens is 281 g/mol. The molecule has 1 nitrogen and oxygen atoms in total. The molecule has 0 amide bonds. The number of rotatable bonds is 3. The SMILES string of the molecule is C[C@H](N)c1cccc(F)c1Sc1ccc(C(C)(C)C)cc1. The van der Waals surface area contributed by atoms with Gasteiger partial charge in [0.25, 0.3) is 0 Å². The van der Waals surface area contributed by atoms with Crippen molar-refractivity contribution in [1.82, 2.24) is 0 Å². The van der Waals surface area contributed by atoms with Crippen molar-refractivity contribution >= 4 is 11.8 Å². The van der Waals surface area contributed by atoms with E-state index in [1.54, 1.807) is 6.07 Å². The highest BCUT2D eigenvalue weighted by Crippen LogP contribution is 2.35. The van der Waals surface area contributed by atoms with Gasteiger partial charge in [0.15, 0.2) is 0 Å². The van der Waals surface area contributed by atoms with Gasteiger partial charge >= 0.3 is 0 Å². The summed E-state index contributed by atoms with van der Waals surface area (Å²) in [5.41, 5.74) is 8.18. The van der Waals surface area contributed by atoms with Crippen molar-refractivity contribution in [2.24, 2.45) is 5.73 Å². The van der Waals surface area contributed by atoms with Crippen LogP contribution in [0.2, 0.25) is 0 Å². The highest BCUT2D eigenvalue weighted by molar-refractivity contribution is 7.99. The van der Waals surface area contributed by atoms with Gasteiger partial charge in [-0.3, -0.25) is 0 Å². The summed E-state index contributed by atoms with van der Waals surface area (Å²) in [6, 6.07) is 13.2. The Labute approximate surface area is 130 Å². The minimum Gasteiger partial charge on any atom is -0.324 e. The largest absolute Gasteiger partial charge is 0.324 e. The third-order valence-electron chi connectivity index (χ3n) is 3.43. The van der Waals surface area contributed by atoms with Crippen molar-refractivity contribution in [1.29, 1.82) is 0 Å². The molecule has 21 heavy (non-hydrogen) atoms. The second-order valence-corrected chi connectivity index (χ2v) is 7.41. The third kappa shape index (κ3) is 3.86. The first kappa shape index (κ1) is 16.1. The summed E-state index contributed by atoms with van der Waals surface area (Å²) in [5.74, 6) is -0.213. The summed E-state index contributed by atoms with van der Waals surface area (Å²) in [6.45, 7) is 8.42. The van der Waals surface area contributed by atoms with E-state index in [1.807, 2.05) is 25.1 Å². The Morgan fingerprint density at radius 1 is 1.05 bits per heavy atom. The molecule has 2 aromatic rings. The maximum Gasteiger partial charge on any atom is 0.137 e. The highest BCUT2D eigenvalue weighted by Gasteiger charge is 2.15. The fraction of sp³-hybridized carbons (Fsp3) is 0.333. The van der Waals surface area contributed by atoms with Crippen molar-refractivity contribution in [2.45, 2.75) is 48.9 Å². The first-order valence-electron chi connectivity index (χ1n) is 7.11. The van der Waals surface area contributed by atoms with E-state index >= 15 is 0 Å². The van der Waals surface area contributed by atoms with Gasteiger partial charge in [-0.25, -0.2) is 4.39 Å². The summed E-state index contributed by atoms with van der Waals surface area (Å²) in [4.78, 5) is 1.64. The third-order valence-corrected chi connectivity index (χ3v) is 4.57. The molecule has 0 aromatic heterocycles. The summed E-state index contributed by atoms with van der Waals surface area (Å²) in [7, 11) is 0. The van der Waals surface area contributed by atoms with Crippen LogP contribution in [0.3, 0.4) is 0 Å². The van der Waals surface area contributed by atoms with Gasteiger partial charge in [-0.1, -0.05) is 56.8 Å². The molecule has 3 heteroatoms. The first-order valence-corrected chi connectivity index (χ1v) is 7.93. The highest BCUT2D eigenvalue weighted by atomic mass is 32.2. The fourth-order valence-electron chi connectivity index (χ4n) is 2.13. The molecule has 0 unspecified atom stereocenters. The summed E-state index contributed by atoms with van der Waals surface area (Å²) >= 11 is 1.43. The van der Waals surface area contributed by atoms with Gasteiger partial charge in [-0.15, -0.1) is 0 Å². The van der Waals surface area contributed by atoms with E-state index in [0.29, 0.717) is 4.90 Å². The van der Waals surface area contributed by atoms with Crippen LogP contribution >= 0.6 is 11.8 Å². The Kier molecular flexibility index (Phi) is 4.74.